The minimum Gasteiger partial charge on any atom is -0.370 e. The summed E-state index contributed by atoms with van der Waals surface area (Å²) in [4.78, 5) is 33.6. The standard InChI is InChI=1S/C16H12F3N3O3S/c1-9(23)15(13(24)21-14-20-6-7-26-14)8-12(22-25-15)10-4-2-3-5-11(10)16(17,18)19/h2-7H,8H2,1H3,(H,20,21,24). The molecule has 10 heteroatoms. The van der Waals surface area contributed by atoms with Crippen LogP contribution in [0.15, 0.2) is 41.0 Å². The van der Waals surface area contributed by atoms with Gasteiger partial charge in [-0.25, -0.2) is 4.98 Å². The molecule has 0 saturated heterocycles. The number of nitrogens with zero attached hydrogens (tertiary/aromatic N) is 2. The normalized spacial score (nSPS) is 19.6. The van der Waals surface area contributed by atoms with E-state index in [9.17, 15) is 22.8 Å². The highest BCUT2D eigenvalue weighted by Gasteiger charge is 2.52. The van der Waals surface area contributed by atoms with Crippen molar-refractivity contribution in [2.45, 2.75) is 25.1 Å². The number of carbonyl (C=O) groups excluding carboxylic acids is 2. The van der Waals surface area contributed by atoms with E-state index in [-0.39, 0.29) is 16.4 Å². The zero-order chi connectivity index (χ0) is 18.9. The summed E-state index contributed by atoms with van der Waals surface area (Å²) in [5.74, 6) is -1.50. The Kier molecular flexibility index (Phi) is 4.53. The van der Waals surface area contributed by atoms with Gasteiger partial charge in [-0.2, -0.15) is 13.2 Å². The third-order valence-electron chi connectivity index (χ3n) is 3.86. The maximum absolute atomic E-state index is 13.2. The SMILES string of the molecule is CC(=O)C1(C(=O)Nc2nccs2)CC(c2ccccc2C(F)(F)F)=NO1. The summed E-state index contributed by atoms with van der Waals surface area (Å²) in [6, 6.07) is 4.79. The van der Waals surface area contributed by atoms with Gasteiger partial charge < -0.3 is 4.84 Å². The van der Waals surface area contributed by atoms with Gasteiger partial charge >= 0.3 is 6.18 Å². The predicted molar refractivity (Wildman–Crippen MR) is 87.8 cm³/mol. The molecule has 0 bridgehead atoms. The van der Waals surface area contributed by atoms with Crippen LogP contribution in [0.25, 0.3) is 0 Å². The number of thiazole rings is 1. The number of alkyl halides is 3. The van der Waals surface area contributed by atoms with E-state index in [0.717, 1.165) is 24.3 Å². The third-order valence-corrected chi connectivity index (χ3v) is 4.55. The number of carbonyl (C=O) groups is 2. The summed E-state index contributed by atoms with van der Waals surface area (Å²) in [5, 5.41) is 7.91. The lowest BCUT2D eigenvalue weighted by atomic mass is 9.88. The van der Waals surface area contributed by atoms with Crippen molar-refractivity contribution >= 4 is 33.9 Å². The molecule has 1 unspecified atom stereocenters. The average Bonchev–Trinajstić information content (AvgIpc) is 3.24. The molecule has 0 fully saturated rings. The highest BCUT2D eigenvalue weighted by molar-refractivity contribution is 7.13. The molecule has 136 valence electrons. The number of hydrogen-bond acceptors (Lipinski definition) is 6. The Morgan fingerprint density at radius 1 is 1.31 bits per heavy atom. The maximum atomic E-state index is 13.2. The Morgan fingerprint density at radius 3 is 2.65 bits per heavy atom. The number of rotatable bonds is 4. The van der Waals surface area contributed by atoms with Gasteiger partial charge in [-0.05, 0) is 13.0 Å². The number of oxime groups is 1. The lowest BCUT2D eigenvalue weighted by Gasteiger charge is -2.21. The third kappa shape index (κ3) is 3.19. The monoisotopic (exact) mass is 383 g/mol. The molecular formula is C16H12F3N3O3S. The van der Waals surface area contributed by atoms with Crippen molar-refractivity contribution in [3.05, 3.63) is 47.0 Å². The van der Waals surface area contributed by atoms with Crippen LogP contribution in [0.3, 0.4) is 0 Å². The Hall–Kier alpha value is -2.75. The molecule has 1 aromatic carbocycles. The van der Waals surface area contributed by atoms with E-state index in [0.29, 0.717) is 0 Å². The summed E-state index contributed by atoms with van der Waals surface area (Å²) in [6.45, 7) is 1.12. The molecule has 1 aliphatic rings. The molecule has 6 nitrogen and oxygen atoms in total. The van der Waals surface area contributed by atoms with E-state index in [1.165, 1.54) is 24.4 Å². The molecule has 3 rings (SSSR count). The average molecular weight is 383 g/mol. The van der Waals surface area contributed by atoms with Gasteiger partial charge in [0, 0.05) is 17.1 Å². The van der Waals surface area contributed by atoms with E-state index >= 15 is 0 Å². The summed E-state index contributed by atoms with van der Waals surface area (Å²) in [7, 11) is 0. The van der Waals surface area contributed by atoms with Crippen LogP contribution in [0.1, 0.15) is 24.5 Å². The quantitative estimate of drug-likeness (QED) is 0.822. The van der Waals surface area contributed by atoms with Gasteiger partial charge in [0.1, 0.15) is 0 Å². The first-order chi connectivity index (χ1) is 12.2. The Bertz CT molecular complexity index is 880. The number of Topliss-reactive ketones (excluding diaryl/α,β-unsaturated/α-hetero) is 1. The van der Waals surface area contributed by atoms with E-state index in [1.54, 1.807) is 5.38 Å². The Morgan fingerprint density at radius 2 is 2.04 bits per heavy atom. The summed E-state index contributed by atoms with van der Waals surface area (Å²) in [5.41, 5.74) is -3.30. The largest absolute Gasteiger partial charge is 0.417 e. The number of nitrogens with one attached hydrogen (secondary N) is 1. The number of halogens is 3. The molecule has 1 atom stereocenters. The molecule has 2 heterocycles. The number of amides is 1. The molecule has 26 heavy (non-hydrogen) atoms. The van der Waals surface area contributed by atoms with Gasteiger partial charge in [-0.15, -0.1) is 11.3 Å². The van der Waals surface area contributed by atoms with Crippen LogP contribution in [0.5, 0.6) is 0 Å². The lowest BCUT2D eigenvalue weighted by molar-refractivity contribution is -0.151. The first kappa shape index (κ1) is 18.1. The first-order valence-electron chi connectivity index (χ1n) is 7.37. The fourth-order valence-electron chi connectivity index (χ4n) is 2.51. The van der Waals surface area contributed by atoms with Crippen LogP contribution in [0, 0.1) is 0 Å². The number of benzene rings is 1. The lowest BCUT2D eigenvalue weighted by Crippen LogP contribution is -2.49. The van der Waals surface area contributed by atoms with Crippen LogP contribution in [0.2, 0.25) is 0 Å². The van der Waals surface area contributed by atoms with Gasteiger partial charge in [0.25, 0.3) is 11.5 Å². The minimum absolute atomic E-state index is 0.123. The first-order valence-corrected chi connectivity index (χ1v) is 8.25. The summed E-state index contributed by atoms with van der Waals surface area (Å²) >= 11 is 1.13. The topological polar surface area (TPSA) is 80.7 Å². The molecule has 0 aliphatic carbocycles. The minimum atomic E-state index is -4.61. The molecule has 1 aromatic heterocycles. The number of aromatic nitrogens is 1. The number of ketones is 1. The zero-order valence-electron chi connectivity index (χ0n) is 13.3. The number of hydrogen-bond donors (Lipinski definition) is 1. The molecule has 1 amide bonds. The second-order valence-electron chi connectivity index (χ2n) is 5.52. The van der Waals surface area contributed by atoms with Crippen LogP contribution in [-0.2, 0) is 20.6 Å². The maximum Gasteiger partial charge on any atom is 0.417 e. The molecule has 0 radical (unpaired) electrons. The molecule has 0 saturated carbocycles. The molecule has 1 aliphatic heterocycles. The van der Waals surface area contributed by atoms with Crippen molar-refractivity contribution in [3.8, 4) is 0 Å². The van der Waals surface area contributed by atoms with Gasteiger partial charge in [0.15, 0.2) is 10.9 Å². The van der Waals surface area contributed by atoms with Gasteiger partial charge in [-0.1, -0.05) is 23.4 Å². The highest BCUT2D eigenvalue weighted by atomic mass is 32.1. The summed E-state index contributed by atoms with van der Waals surface area (Å²) in [6.07, 6.45) is -3.56. The smallest absolute Gasteiger partial charge is 0.370 e. The predicted octanol–water partition coefficient (Wildman–Crippen LogP) is 3.25. The molecule has 0 spiro atoms. The summed E-state index contributed by atoms with van der Waals surface area (Å²) < 4.78 is 39.6. The van der Waals surface area contributed by atoms with Crippen molar-refractivity contribution in [1.82, 2.24) is 4.98 Å². The van der Waals surface area contributed by atoms with Crippen LogP contribution >= 0.6 is 11.3 Å². The van der Waals surface area contributed by atoms with E-state index in [4.69, 9.17) is 4.84 Å². The van der Waals surface area contributed by atoms with E-state index in [1.807, 2.05) is 0 Å². The van der Waals surface area contributed by atoms with Crippen molar-refractivity contribution in [1.29, 1.82) is 0 Å². The van der Waals surface area contributed by atoms with Crippen molar-refractivity contribution in [3.63, 3.8) is 0 Å². The highest BCUT2D eigenvalue weighted by Crippen LogP contribution is 2.36. The van der Waals surface area contributed by atoms with Gasteiger partial charge in [0.2, 0.25) is 0 Å². The van der Waals surface area contributed by atoms with Crippen molar-refractivity contribution < 1.29 is 27.6 Å². The van der Waals surface area contributed by atoms with Crippen LogP contribution in [0.4, 0.5) is 18.3 Å². The van der Waals surface area contributed by atoms with Gasteiger partial charge in [-0.3, -0.25) is 14.9 Å². The van der Waals surface area contributed by atoms with E-state index < -0.39 is 35.5 Å². The molecule has 1 N–H and O–H groups in total. The van der Waals surface area contributed by atoms with Crippen molar-refractivity contribution in [2.75, 3.05) is 5.32 Å². The molecule has 2 aromatic rings. The second-order valence-corrected chi connectivity index (χ2v) is 6.42. The zero-order valence-corrected chi connectivity index (χ0v) is 14.1. The van der Waals surface area contributed by atoms with Crippen LogP contribution in [-0.4, -0.2) is 28.0 Å². The second kappa shape index (κ2) is 6.52. The Labute approximate surface area is 149 Å². The van der Waals surface area contributed by atoms with Gasteiger partial charge in [0.05, 0.1) is 17.7 Å². The number of anilines is 1. The van der Waals surface area contributed by atoms with Crippen molar-refractivity contribution in [2.24, 2.45) is 5.16 Å². The molecular weight excluding hydrogens is 371 g/mol. The fourth-order valence-corrected chi connectivity index (χ4v) is 3.04. The fraction of sp³-hybridized carbons (Fsp3) is 0.250. The van der Waals surface area contributed by atoms with Crippen LogP contribution < -0.4 is 5.32 Å². The van der Waals surface area contributed by atoms with E-state index in [2.05, 4.69) is 15.5 Å². The Balaban J connectivity index is 1.91.